The van der Waals surface area contributed by atoms with E-state index >= 15 is 0 Å². The van der Waals surface area contributed by atoms with Crippen molar-refractivity contribution in [2.24, 2.45) is 0 Å². The summed E-state index contributed by atoms with van der Waals surface area (Å²) < 4.78 is 32.3. The molecular weight excluding hydrogens is 382 g/mol. The Morgan fingerprint density at radius 3 is 2.21 bits per heavy atom. The van der Waals surface area contributed by atoms with E-state index in [0.29, 0.717) is 38.6 Å². The van der Waals surface area contributed by atoms with Crippen molar-refractivity contribution < 1.29 is 27.9 Å². The Bertz CT molecular complexity index is 521. The summed E-state index contributed by atoms with van der Waals surface area (Å²) in [5.41, 5.74) is 0. The summed E-state index contributed by atoms with van der Waals surface area (Å²) >= 11 is 0. The molecule has 0 bridgehead atoms. The molecule has 2 N–H and O–H groups in total. The first-order valence-electron chi connectivity index (χ1n) is 10.7. The number of rotatable bonds is 19. The molecule has 0 radical (unpaired) electrons. The molecule has 0 aromatic carbocycles. The molecule has 0 saturated carbocycles. The highest BCUT2D eigenvalue weighted by molar-refractivity contribution is 7.89. The van der Waals surface area contributed by atoms with Crippen LogP contribution >= 0.6 is 0 Å². The Morgan fingerprint density at radius 2 is 1.57 bits per heavy atom. The van der Waals surface area contributed by atoms with E-state index in [0.717, 1.165) is 44.9 Å². The summed E-state index contributed by atoms with van der Waals surface area (Å²) in [6.07, 6.45) is 8.98. The third-order valence-corrected chi connectivity index (χ3v) is 5.93. The first kappa shape index (κ1) is 26.9. The molecule has 0 aromatic rings. The molecule has 1 unspecified atom stereocenters. The molecule has 0 spiro atoms. The SMILES string of the molecule is CCCCCC(CCCS(=O)(=O)NCCCCCCC(=O)O)OC(=O)CCC. The second-order valence-corrected chi connectivity index (χ2v) is 9.20. The van der Waals surface area contributed by atoms with Gasteiger partial charge in [0.15, 0.2) is 0 Å². The molecule has 0 saturated heterocycles. The Balaban J connectivity index is 4.08. The van der Waals surface area contributed by atoms with Gasteiger partial charge in [0.1, 0.15) is 6.10 Å². The van der Waals surface area contributed by atoms with E-state index in [9.17, 15) is 18.0 Å². The fraction of sp³-hybridized carbons (Fsp3) is 0.900. The molecule has 7 nitrogen and oxygen atoms in total. The summed E-state index contributed by atoms with van der Waals surface area (Å²) in [5, 5.41) is 8.56. The van der Waals surface area contributed by atoms with Gasteiger partial charge in [-0.1, -0.05) is 39.5 Å². The molecule has 0 aliphatic carbocycles. The van der Waals surface area contributed by atoms with Gasteiger partial charge in [0.25, 0.3) is 0 Å². The standard InChI is InChI=1S/C20H39NO6S/c1-3-5-8-13-18(27-20(24)12-4-2)14-11-17-28(25,26)21-16-10-7-6-9-15-19(22)23/h18,21H,3-17H2,1-2H3,(H,22,23). The van der Waals surface area contributed by atoms with Crippen molar-refractivity contribution in [3.63, 3.8) is 0 Å². The summed E-state index contributed by atoms with van der Waals surface area (Å²) in [5.74, 6) is -0.969. The van der Waals surface area contributed by atoms with Gasteiger partial charge < -0.3 is 9.84 Å². The molecular formula is C20H39NO6S. The summed E-state index contributed by atoms with van der Waals surface area (Å²) in [7, 11) is -3.33. The average Bonchev–Trinajstić information content (AvgIpc) is 2.60. The fourth-order valence-corrected chi connectivity index (χ4v) is 4.04. The zero-order valence-corrected chi connectivity index (χ0v) is 18.4. The van der Waals surface area contributed by atoms with E-state index in [2.05, 4.69) is 11.6 Å². The van der Waals surface area contributed by atoms with Crippen LogP contribution in [0.2, 0.25) is 0 Å². The van der Waals surface area contributed by atoms with Gasteiger partial charge in [0, 0.05) is 19.4 Å². The number of sulfonamides is 1. The van der Waals surface area contributed by atoms with Gasteiger partial charge in [-0.05, 0) is 44.9 Å². The third kappa shape index (κ3) is 17.0. The number of carboxylic acids is 1. The first-order valence-corrected chi connectivity index (χ1v) is 12.3. The van der Waals surface area contributed by atoms with Gasteiger partial charge in [-0.15, -0.1) is 0 Å². The van der Waals surface area contributed by atoms with Crippen molar-refractivity contribution in [1.82, 2.24) is 4.72 Å². The average molecular weight is 422 g/mol. The fourth-order valence-electron chi connectivity index (χ4n) is 2.89. The molecule has 8 heteroatoms. The van der Waals surface area contributed by atoms with Crippen molar-refractivity contribution in [1.29, 1.82) is 0 Å². The van der Waals surface area contributed by atoms with Crippen LogP contribution in [0.1, 0.15) is 97.3 Å². The Hall–Kier alpha value is -1.15. The van der Waals surface area contributed by atoms with Crippen molar-refractivity contribution in [3.05, 3.63) is 0 Å². The summed E-state index contributed by atoms with van der Waals surface area (Å²) in [6.45, 7) is 4.42. The normalized spacial score (nSPS) is 12.6. The molecule has 1 atom stereocenters. The highest BCUT2D eigenvalue weighted by atomic mass is 32.2. The molecule has 28 heavy (non-hydrogen) atoms. The van der Waals surface area contributed by atoms with E-state index in [1.807, 2.05) is 6.92 Å². The number of hydrogen-bond donors (Lipinski definition) is 2. The maximum absolute atomic E-state index is 12.1. The van der Waals surface area contributed by atoms with Gasteiger partial charge >= 0.3 is 11.9 Å². The quantitative estimate of drug-likeness (QED) is 0.241. The van der Waals surface area contributed by atoms with Crippen molar-refractivity contribution in [2.45, 2.75) is 103 Å². The van der Waals surface area contributed by atoms with Crippen LogP contribution in [0.4, 0.5) is 0 Å². The topological polar surface area (TPSA) is 110 Å². The number of carbonyl (C=O) groups excluding carboxylic acids is 1. The smallest absolute Gasteiger partial charge is 0.306 e. The molecule has 0 rings (SSSR count). The summed E-state index contributed by atoms with van der Waals surface area (Å²) in [4.78, 5) is 22.2. The second kappa shape index (κ2) is 16.8. The predicted octanol–water partition coefficient (Wildman–Crippen LogP) is 4.01. The van der Waals surface area contributed by atoms with E-state index < -0.39 is 16.0 Å². The second-order valence-electron chi connectivity index (χ2n) is 7.27. The monoisotopic (exact) mass is 421 g/mol. The highest BCUT2D eigenvalue weighted by Gasteiger charge is 2.16. The Labute approximate surface area is 170 Å². The van der Waals surface area contributed by atoms with Crippen molar-refractivity contribution >= 4 is 22.0 Å². The lowest BCUT2D eigenvalue weighted by Gasteiger charge is -2.18. The molecule has 0 aromatic heterocycles. The third-order valence-electron chi connectivity index (χ3n) is 4.46. The van der Waals surface area contributed by atoms with Crippen LogP contribution in [0.15, 0.2) is 0 Å². The number of aliphatic carboxylic acids is 1. The van der Waals surface area contributed by atoms with Gasteiger partial charge in [0.05, 0.1) is 5.75 Å². The van der Waals surface area contributed by atoms with Gasteiger partial charge in [0.2, 0.25) is 10.0 Å². The zero-order valence-electron chi connectivity index (χ0n) is 17.6. The van der Waals surface area contributed by atoms with E-state index in [-0.39, 0.29) is 24.2 Å². The van der Waals surface area contributed by atoms with Crippen LogP contribution in [0.5, 0.6) is 0 Å². The number of ether oxygens (including phenoxy) is 1. The Kier molecular flexibility index (Phi) is 16.1. The van der Waals surface area contributed by atoms with Gasteiger partial charge in [-0.25, -0.2) is 13.1 Å². The van der Waals surface area contributed by atoms with Gasteiger partial charge in [-0.3, -0.25) is 9.59 Å². The van der Waals surface area contributed by atoms with Crippen LogP contribution in [-0.4, -0.2) is 43.9 Å². The maximum Gasteiger partial charge on any atom is 0.306 e. The largest absolute Gasteiger partial charge is 0.481 e. The lowest BCUT2D eigenvalue weighted by molar-refractivity contribution is -0.149. The number of unbranched alkanes of at least 4 members (excludes halogenated alkanes) is 5. The minimum Gasteiger partial charge on any atom is -0.481 e. The predicted molar refractivity (Wildman–Crippen MR) is 111 cm³/mol. The molecule has 0 fully saturated rings. The van der Waals surface area contributed by atoms with Crippen LogP contribution in [0.25, 0.3) is 0 Å². The van der Waals surface area contributed by atoms with Crippen LogP contribution in [-0.2, 0) is 24.3 Å². The minimum atomic E-state index is -3.33. The lowest BCUT2D eigenvalue weighted by atomic mass is 10.1. The van der Waals surface area contributed by atoms with Crippen molar-refractivity contribution in [3.8, 4) is 0 Å². The van der Waals surface area contributed by atoms with Crippen LogP contribution < -0.4 is 4.72 Å². The number of carboxylic acid groups (broad SMARTS) is 1. The molecule has 166 valence electrons. The summed E-state index contributed by atoms with van der Waals surface area (Å²) in [6, 6.07) is 0. The number of carbonyl (C=O) groups is 2. The molecule has 0 aliphatic heterocycles. The molecule has 0 heterocycles. The van der Waals surface area contributed by atoms with Crippen LogP contribution in [0, 0.1) is 0 Å². The van der Waals surface area contributed by atoms with Crippen molar-refractivity contribution in [2.75, 3.05) is 12.3 Å². The maximum atomic E-state index is 12.1. The number of hydrogen-bond acceptors (Lipinski definition) is 5. The highest BCUT2D eigenvalue weighted by Crippen LogP contribution is 2.14. The minimum absolute atomic E-state index is 0.0294. The number of nitrogens with one attached hydrogen (secondary N) is 1. The van der Waals surface area contributed by atoms with E-state index in [1.165, 1.54) is 0 Å². The number of esters is 1. The van der Waals surface area contributed by atoms with Crippen LogP contribution in [0.3, 0.4) is 0 Å². The van der Waals surface area contributed by atoms with E-state index in [4.69, 9.17) is 9.84 Å². The van der Waals surface area contributed by atoms with E-state index in [1.54, 1.807) is 0 Å². The Morgan fingerprint density at radius 1 is 0.893 bits per heavy atom. The first-order chi connectivity index (χ1) is 13.3. The molecule has 0 amide bonds. The van der Waals surface area contributed by atoms with Gasteiger partial charge in [-0.2, -0.15) is 0 Å². The molecule has 0 aliphatic rings. The zero-order chi connectivity index (χ0) is 21.3. The lowest BCUT2D eigenvalue weighted by Crippen LogP contribution is -2.28.